The monoisotopic (exact) mass is 355 g/mol. The number of hydrogen-bond acceptors (Lipinski definition) is 3. The van der Waals surface area contributed by atoms with E-state index in [1.165, 1.54) is 0 Å². The molecular formula is C20H25N3O3. The zero-order chi connectivity index (χ0) is 18.8. The lowest BCUT2D eigenvalue weighted by Gasteiger charge is -2.29. The highest BCUT2D eigenvalue weighted by atomic mass is 16.4. The van der Waals surface area contributed by atoms with Crippen molar-refractivity contribution in [1.29, 1.82) is 0 Å². The Morgan fingerprint density at radius 2 is 1.96 bits per heavy atom. The topological polar surface area (TPSA) is 75.4 Å². The average Bonchev–Trinajstić information content (AvgIpc) is 3.02. The van der Waals surface area contributed by atoms with Gasteiger partial charge in [0.2, 0.25) is 0 Å². The minimum Gasteiger partial charge on any atom is -0.478 e. The minimum absolute atomic E-state index is 0.0360. The first-order chi connectivity index (χ1) is 12.5. The maximum atomic E-state index is 13.0. The van der Waals surface area contributed by atoms with Crippen molar-refractivity contribution in [3.05, 3.63) is 52.3 Å². The van der Waals surface area contributed by atoms with E-state index in [1.54, 1.807) is 23.2 Å². The molecule has 1 aliphatic heterocycles. The van der Waals surface area contributed by atoms with Crippen molar-refractivity contribution < 1.29 is 14.7 Å². The van der Waals surface area contributed by atoms with Crippen LogP contribution in [0.4, 0.5) is 0 Å². The van der Waals surface area contributed by atoms with Gasteiger partial charge in [0.15, 0.2) is 0 Å². The van der Waals surface area contributed by atoms with Crippen LogP contribution in [0.2, 0.25) is 0 Å². The summed E-state index contributed by atoms with van der Waals surface area (Å²) >= 11 is 0. The summed E-state index contributed by atoms with van der Waals surface area (Å²) in [5, 5.41) is 13.6. The highest BCUT2D eigenvalue weighted by molar-refractivity contribution is 5.95. The predicted octanol–water partition coefficient (Wildman–Crippen LogP) is 3.45. The molecule has 0 spiro atoms. The Hall–Kier alpha value is -2.63. The van der Waals surface area contributed by atoms with Gasteiger partial charge in [0.05, 0.1) is 23.4 Å². The normalized spacial score (nSPS) is 13.8. The number of amides is 1. The molecule has 0 fully saturated rings. The molecule has 6 heteroatoms. The van der Waals surface area contributed by atoms with Crippen LogP contribution in [0.1, 0.15) is 70.3 Å². The van der Waals surface area contributed by atoms with E-state index in [1.807, 2.05) is 17.7 Å². The van der Waals surface area contributed by atoms with E-state index < -0.39 is 5.97 Å². The zero-order valence-electron chi connectivity index (χ0n) is 15.5. The van der Waals surface area contributed by atoms with Crippen LogP contribution in [0.15, 0.2) is 24.4 Å². The molecule has 1 aliphatic rings. The number of carbonyl (C=O) groups is 2. The number of carboxylic acids is 1. The highest BCUT2D eigenvalue weighted by Crippen LogP contribution is 2.24. The van der Waals surface area contributed by atoms with Crippen molar-refractivity contribution in [3.8, 4) is 0 Å². The third-order valence-corrected chi connectivity index (χ3v) is 5.32. The van der Waals surface area contributed by atoms with Gasteiger partial charge in [-0.2, -0.15) is 5.10 Å². The molecule has 3 rings (SSSR count). The van der Waals surface area contributed by atoms with Crippen molar-refractivity contribution >= 4 is 11.9 Å². The van der Waals surface area contributed by atoms with E-state index in [0.29, 0.717) is 24.7 Å². The van der Waals surface area contributed by atoms with E-state index in [4.69, 9.17) is 0 Å². The number of benzene rings is 1. The molecule has 0 atom stereocenters. The summed E-state index contributed by atoms with van der Waals surface area (Å²) < 4.78 is 1.95. The number of fused-ring (bicyclic) bond motifs is 1. The van der Waals surface area contributed by atoms with Gasteiger partial charge in [-0.25, -0.2) is 4.79 Å². The molecule has 1 aromatic heterocycles. The molecule has 0 aliphatic carbocycles. The van der Waals surface area contributed by atoms with Gasteiger partial charge in [0.25, 0.3) is 5.91 Å². The van der Waals surface area contributed by atoms with Gasteiger partial charge in [0, 0.05) is 18.8 Å². The second-order valence-electron chi connectivity index (χ2n) is 6.82. The molecule has 0 unspecified atom stereocenters. The van der Waals surface area contributed by atoms with Crippen molar-refractivity contribution in [1.82, 2.24) is 14.7 Å². The van der Waals surface area contributed by atoms with E-state index in [-0.39, 0.29) is 11.5 Å². The minimum atomic E-state index is -0.946. The Morgan fingerprint density at radius 3 is 2.62 bits per heavy atom. The number of nitrogens with zero attached hydrogens (tertiary/aromatic N) is 3. The van der Waals surface area contributed by atoms with E-state index in [2.05, 4.69) is 18.9 Å². The number of aromatic carboxylic acids is 1. The molecule has 2 aromatic rings. The molecule has 0 saturated heterocycles. The summed E-state index contributed by atoms with van der Waals surface area (Å²) in [5.74, 6) is -0.982. The molecule has 1 N–H and O–H groups in total. The smallest absolute Gasteiger partial charge is 0.335 e. The molecule has 6 nitrogen and oxygen atoms in total. The summed E-state index contributed by atoms with van der Waals surface area (Å²) in [6.45, 7) is 7.26. The van der Waals surface area contributed by atoms with Gasteiger partial charge in [-0.1, -0.05) is 19.9 Å². The Labute approximate surface area is 153 Å². The fourth-order valence-electron chi connectivity index (χ4n) is 3.67. The lowest BCUT2D eigenvalue weighted by Crippen LogP contribution is -2.36. The molecule has 0 saturated carbocycles. The summed E-state index contributed by atoms with van der Waals surface area (Å²) in [5.41, 5.74) is 3.82. The zero-order valence-corrected chi connectivity index (χ0v) is 15.5. The van der Waals surface area contributed by atoms with Crippen molar-refractivity contribution in [2.45, 2.75) is 52.6 Å². The quantitative estimate of drug-likeness (QED) is 0.891. The second-order valence-corrected chi connectivity index (χ2v) is 6.82. The molecule has 0 bridgehead atoms. The third kappa shape index (κ3) is 3.23. The van der Waals surface area contributed by atoms with Gasteiger partial charge in [-0.05, 0) is 49.4 Å². The van der Waals surface area contributed by atoms with Gasteiger partial charge < -0.3 is 10.0 Å². The standard InChI is InChI=1S/C20H25N3O3/c1-4-17(5-2)23-13(3)18(11-21-23)19(24)22-9-8-14-6-7-15(20(25)26)10-16(14)12-22/h6-7,10-11,17H,4-5,8-9,12H2,1-3H3,(H,25,26). The average molecular weight is 355 g/mol. The number of rotatable bonds is 5. The highest BCUT2D eigenvalue weighted by Gasteiger charge is 2.26. The van der Waals surface area contributed by atoms with Crippen LogP contribution in [0.3, 0.4) is 0 Å². The van der Waals surface area contributed by atoms with Crippen molar-refractivity contribution in [2.24, 2.45) is 0 Å². The summed E-state index contributed by atoms with van der Waals surface area (Å²) in [7, 11) is 0. The van der Waals surface area contributed by atoms with Crippen LogP contribution in [0, 0.1) is 6.92 Å². The largest absolute Gasteiger partial charge is 0.478 e. The predicted molar refractivity (Wildman–Crippen MR) is 98.4 cm³/mol. The van der Waals surface area contributed by atoms with Crippen molar-refractivity contribution in [3.63, 3.8) is 0 Å². The second kappa shape index (κ2) is 7.32. The number of carboxylic acid groups (broad SMARTS) is 1. The Balaban J connectivity index is 1.84. The molecule has 1 aromatic carbocycles. The molecule has 0 radical (unpaired) electrons. The molecular weight excluding hydrogens is 330 g/mol. The van der Waals surface area contributed by atoms with E-state index in [9.17, 15) is 14.7 Å². The maximum Gasteiger partial charge on any atom is 0.335 e. The SMILES string of the molecule is CCC(CC)n1ncc(C(=O)N2CCc3ccc(C(=O)O)cc3C2)c1C. The summed E-state index contributed by atoms with van der Waals surface area (Å²) in [4.78, 5) is 26.0. The van der Waals surface area contributed by atoms with Crippen LogP contribution in [0.25, 0.3) is 0 Å². The molecule has 138 valence electrons. The van der Waals surface area contributed by atoms with E-state index in [0.717, 1.165) is 36.1 Å². The first-order valence-corrected chi connectivity index (χ1v) is 9.14. The van der Waals surface area contributed by atoms with Crippen LogP contribution >= 0.6 is 0 Å². The lowest BCUT2D eigenvalue weighted by atomic mass is 9.97. The van der Waals surface area contributed by atoms with Gasteiger partial charge in [0.1, 0.15) is 0 Å². The van der Waals surface area contributed by atoms with Gasteiger partial charge in [-0.15, -0.1) is 0 Å². The summed E-state index contributed by atoms with van der Waals surface area (Å²) in [6, 6.07) is 5.47. The number of carbonyl (C=O) groups excluding carboxylic acids is 1. The van der Waals surface area contributed by atoms with Crippen LogP contribution in [-0.2, 0) is 13.0 Å². The van der Waals surface area contributed by atoms with Gasteiger partial charge in [-0.3, -0.25) is 9.48 Å². The fourth-order valence-corrected chi connectivity index (χ4v) is 3.67. The third-order valence-electron chi connectivity index (χ3n) is 5.32. The first-order valence-electron chi connectivity index (χ1n) is 9.14. The molecule has 26 heavy (non-hydrogen) atoms. The van der Waals surface area contributed by atoms with Gasteiger partial charge >= 0.3 is 5.97 Å². The van der Waals surface area contributed by atoms with Crippen molar-refractivity contribution in [2.75, 3.05) is 6.54 Å². The van der Waals surface area contributed by atoms with Crippen LogP contribution in [-0.4, -0.2) is 38.2 Å². The lowest BCUT2D eigenvalue weighted by molar-refractivity contribution is 0.0696. The number of aromatic nitrogens is 2. The Kier molecular flexibility index (Phi) is 5.11. The maximum absolute atomic E-state index is 13.0. The number of hydrogen-bond donors (Lipinski definition) is 1. The molecule has 1 amide bonds. The summed E-state index contributed by atoms with van der Waals surface area (Å²) in [6.07, 6.45) is 4.35. The van der Waals surface area contributed by atoms with Crippen LogP contribution < -0.4 is 0 Å². The molecule has 2 heterocycles. The van der Waals surface area contributed by atoms with E-state index >= 15 is 0 Å². The first kappa shape index (κ1) is 18.2. The fraction of sp³-hybridized carbons (Fsp3) is 0.450. The van der Waals surface area contributed by atoms with Crippen LogP contribution in [0.5, 0.6) is 0 Å². The Morgan fingerprint density at radius 1 is 1.23 bits per heavy atom. The Bertz CT molecular complexity index is 837.